The van der Waals surface area contributed by atoms with Crippen molar-refractivity contribution >= 4 is 0 Å². The highest BCUT2D eigenvalue weighted by molar-refractivity contribution is 5.44. The molecule has 5 nitrogen and oxygen atoms in total. The van der Waals surface area contributed by atoms with Crippen LogP contribution in [0, 0.1) is 0 Å². The molecule has 0 aliphatic carbocycles. The van der Waals surface area contributed by atoms with Crippen LogP contribution in [-0.4, -0.2) is 15.2 Å². The molecule has 0 spiro atoms. The summed E-state index contributed by atoms with van der Waals surface area (Å²) in [5, 5.41) is 7.66. The molecule has 2 N–H and O–H groups in total. The number of nitrogens with two attached hydrogens (primary N) is 1. The highest BCUT2D eigenvalue weighted by atomic mass is 16.4. The Bertz CT molecular complexity index is 410. The second kappa shape index (κ2) is 3.55. The fourth-order valence-corrected chi connectivity index (χ4v) is 1.01. The highest BCUT2D eigenvalue weighted by Gasteiger charge is 2.11. The lowest BCUT2D eigenvalue weighted by Crippen LogP contribution is -2.04. The second-order valence-electron chi connectivity index (χ2n) is 2.95. The van der Waals surface area contributed by atoms with E-state index in [1.54, 1.807) is 19.2 Å². The lowest BCUT2D eigenvalue weighted by molar-refractivity contribution is 0.472. The molecule has 72 valence electrons. The monoisotopic (exact) mass is 190 g/mol. The molecule has 0 amide bonds. The Hall–Kier alpha value is -1.75. The zero-order chi connectivity index (χ0) is 9.97. The molecule has 0 unspecified atom stereocenters. The van der Waals surface area contributed by atoms with Gasteiger partial charge in [-0.15, -0.1) is 10.2 Å². The molecular formula is C9H10N4O. The van der Waals surface area contributed by atoms with Crippen molar-refractivity contribution in [1.29, 1.82) is 0 Å². The van der Waals surface area contributed by atoms with Crippen LogP contribution in [0.3, 0.4) is 0 Å². The van der Waals surface area contributed by atoms with Crippen LogP contribution in [0.15, 0.2) is 28.8 Å². The third-order valence-corrected chi connectivity index (χ3v) is 1.71. The number of hydrogen-bond donors (Lipinski definition) is 1. The van der Waals surface area contributed by atoms with E-state index in [0.29, 0.717) is 17.5 Å². The third-order valence-electron chi connectivity index (χ3n) is 1.71. The van der Waals surface area contributed by atoms with Gasteiger partial charge in [0.1, 0.15) is 5.69 Å². The zero-order valence-electron chi connectivity index (χ0n) is 7.71. The molecule has 0 fully saturated rings. The molecule has 5 heteroatoms. The summed E-state index contributed by atoms with van der Waals surface area (Å²) < 4.78 is 5.32. The maximum Gasteiger partial charge on any atom is 0.266 e. The van der Waals surface area contributed by atoms with Crippen molar-refractivity contribution in [3.8, 4) is 11.6 Å². The van der Waals surface area contributed by atoms with E-state index in [1.807, 2.05) is 12.1 Å². The first kappa shape index (κ1) is 8.83. The van der Waals surface area contributed by atoms with Crippen molar-refractivity contribution in [2.75, 3.05) is 0 Å². The van der Waals surface area contributed by atoms with Crippen molar-refractivity contribution in [3.05, 3.63) is 30.3 Å². The Labute approximate surface area is 81.0 Å². The van der Waals surface area contributed by atoms with Crippen LogP contribution in [0.4, 0.5) is 0 Å². The molecule has 0 radical (unpaired) electrons. The molecule has 0 aliphatic rings. The van der Waals surface area contributed by atoms with Crippen LogP contribution in [0.25, 0.3) is 11.6 Å². The fourth-order valence-electron chi connectivity index (χ4n) is 1.01. The summed E-state index contributed by atoms with van der Waals surface area (Å²) in [7, 11) is 0. The molecule has 14 heavy (non-hydrogen) atoms. The first-order valence-electron chi connectivity index (χ1n) is 4.28. The molecule has 2 aromatic heterocycles. The Kier molecular flexibility index (Phi) is 2.24. The van der Waals surface area contributed by atoms with Gasteiger partial charge >= 0.3 is 0 Å². The van der Waals surface area contributed by atoms with Crippen LogP contribution in [0.2, 0.25) is 0 Å². The minimum atomic E-state index is -0.250. The molecule has 1 atom stereocenters. The first-order chi connectivity index (χ1) is 6.77. The quantitative estimate of drug-likeness (QED) is 0.768. The SMILES string of the molecule is C[C@H](N)c1nnc(-c2ccccn2)o1. The van der Waals surface area contributed by atoms with Gasteiger partial charge in [-0.05, 0) is 19.1 Å². The van der Waals surface area contributed by atoms with E-state index < -0.39 is 0 Å². The largest absolute Gasteiger partial charge is 0.418 e. The van der Waals surface area contributed by atoms with Crippen LogP contribution in [0.1, 0.15) is 18.9 Å². The fraction of sp³-hybridized carbons (Fsp3) is 0.222. The number of aromatic nitrogens is 3. The lowest BCUT2D eigenvalue weighted by atomic mass is 10.3. The normalized spacial score (nSPS) is 12.7. The van der Waals surface area contributed by atoms with Crippen molar-refractivity contribution in [2.45, 2.75) is 13.0 Å². The Balaban J connectivity index is 2.34. The summed E-state index contributed by atoms with van der Waals surface area (Å²) in [5.41, 5.74) is 6.25. The van der Waals surface area contributed by atoms with Gasteiger partial charge in [-0.1, -0.05) is 6.07 Å². The minimum absolute atomic E-state index is 0.250. The standard InChI is InChI=1S/C9H10N4O/c1-6(10)8-12-13-9(14-8)7-4-2-3-5-11-7/h2-6H,10H2,1H3/t6-/m0/s1. The number of nitrogens with zero attached hydrogens (tertiary/aromatic N) is 3. The Morgan fingerprint density at radius 2 is 2.21 bits per heavy atom. The van der Waals surface area contributed by atoms with Gasteiger partial charge in [0.05, 0.1) is 6.04 Å². The molecule has 0 saturated heterocycles. The van der Waals surface area contributed by atoms with E-state index in [-0.39, 0.29) is 6.04 Å². The summed E-state index contributed by atoms with van der Waals surface area (Å²) in [6.45, 7) is 1.79. The van der Waals surface area contributed by atoms with Gasteiger partial charge < -0.3 is 10.2 Å². The van der Waals surface area contributed by atoms with Gasteiger partial charge in [-0.3, -0.25) is 4.98 Å². The molecular weight excluding hydrogens is 180 g/mol. The van der Waals surface area contributed by atoms with Crippen molar-refractivity contribution in [1.82, 2.24) is 15.2 Å². The zero-order valence-corrected chi connectivity index (χ0v) is 7.71. The van der Waals surface area contributed by atoms with E-state index in [9.17, 15) is 0 Å². The van der Waals surface area contributed by atoms with Gasteiger partial charge in [0.2, 0.25) is 5.89 Å². The first-order valence-corrected chi connectivity index (χ1v) is 4.28. The number of hydrogen-bond acceptors (Lipinski definition) is 5. The van der Waals surface area contributed by atoms with Gasteiger partial charge in [0, 0.05) is 6.20 Å². The van der Waals surface area contributed by atoms with Crippen molar-refractivity contribution < 1.29 is 4.42 Å². The summed E-state index contributed by atoms with van der Waals surface area (Å²) in [6.07, 6.45) is 1.67. The average molecular weight is 190 g/mol. The smallest absolute Gasteiger partial charge is 0.266 e. The Morgan fingerprint density at radius 3 is 2.79 bits per heavy atom. The van der Waals surface area contributed by atoms with E-state index in [1.165, 1.54) is 0 Å². The molecule has 0 bridgehead atoms. The maximum absolute atomic E-state index is 5.59. The van der Waals surface area contributed by atoms with Gasteiger partial charge in [-0.2, -0.15) is 0 Å². The molecule has 0 saturated carbocycles. The van der Waals surface area contributed by atoms with E-state index in [4.69, 9.17) is 10.2 Å². The summed E-state index contributed by atoms with van der Waals surface area (Å²) in [6, 6.07) is 5.24. The predicted molar refractivity (Wildman–Crippen MR) is 50.1 cm³/mol. The van der Waals surface area contributed by atoms with Crippen LogP contribution in [-0.2, 0) is 0 Å². The molecule has 2 aromatic rings. The molecule has 0 aliphatic heterocycles. The van der Waals surface area contributed by atoms with E-state index >= 15 is 0 Å². The summed E-state index contributed by atoms with van der Waals surface area (Å²) >= 11 is 0. The third kappa shape index (κ3) is 1.62. The second-order valence-corrected chi connectivity index (χ2v) is 2.95. The summed E-state index contributed by atoms with van der Waals surface area (Å²) in [5.74, 6) is 0.823. The average Bonchev–Trinajstić information content (AvgIpc) is 2.68. The van der Waals surface area contributed by atoms with Gasteiger partial charge in [0.15, 0.2) is 0 Å². The summed E-state index contributed by atoms with van der Waals surface area (Å²) in [4.78, 5) is 4.08. The Morgan fingerprint density at radius 1 is 1.36 bits per heavy atom. The lowest BCUT2D eigenvalue weighted by Gasteiger charge is -1.95. The van der Waals surface area contributed by atoms with Crippen LogP contribution in [0.5, 0.6) is 0 Å². The van der Waals surface area contributed by atoms with Gasteiger partial charge in [-0.25, -0.2) is 0 Å². The van der Waals surface area contributed by atoms with Crippen molar-refractivity contribution in [3.63, 3.8) is 0 Å². The molecule has 2 rings (SSSR count). The molecule has 0 aromatic carbocycles. The highest BCUT2D eigenvalue weighted by Crippen LogP contribution is 2.16. The van der Waals surface area contributed by atoms with E-state index in [2.05, 4.69) is 15.2 Å². The van der Waals surface area contributed by atoms with Gasteiger partial charge in [0.25, 0.3) is 5.89 Å². The predicted octanol–water partition coefficient (Wildman–Crippen LogP) is 1.15. The van der Waals surface area contributed by atoms with E-state index in [0.717, 1.165) is 0 Å². The maximum atomic E-state index is 5.59. The van der Waals surface area contributed by atoms with Crippen LogP contribution < -0.4 is 5.73 Å². The minimum Gasteiger partial charge on any atom is -0.418 e. The van der Waals surface area contributed by atoms with Crippen LogP contribution >= 0.6 is 0 Å². The topological polar surface area (TPSA) is 77.8 Å². The van der Waals surface area contributed by atoms with Crippen molar-refractivity contribution in [2.24, 2.45) is 5.73 Å². The molecule has 2 heterocycles. The number of pyridine rings is 1. The number of rotatable bonds is 2.